The van der Waals surface area contributed by atoms with Crippen molar-refractivity contribution in [3.8, 4) is 0 Å². The Kier molecular flexibility index (Phi) is 4.69. The van der Waals surface area contributed by atoms with E-state index >= 15 is 0 Å². The van der Waals surface area contributed by atoms with Gasteiger partial charge in [-0.05, 0) is 46.7 Å². The first kappa shape index (κ1) is 16.9. The highest BCUT2D eigenvalue weighted by molar-refractivity contribution is 6.20. The third-order valence-electron chi connectivity index (χ3n) is 3.80. The Morgan fingerprint density at radius 1 is 1.09 bits per heavy atom. The summed E-state index contributed by atoms with van der Waals surface area (Å²) in [6, 6.07) is 12.2. The van der Waals surface area contributed by atoms with Gasteiger partial charge in [0, 0.05) is 0 Å². The predicted molar refractivity (Wildman–Crippen MR) is 91.8 cm³/mol. The van der Waals surface area contributed by atoms with Crippen LogP contribution in [0, 0.1) is 12.7 Å². The maximum absolute atomic E-state index is 13.7. The Bertz CT molecular complexity index is 750. The average Bonchev–Trinajstić information content (AvgIpc) is 2.47. The van der Waals surface area contributed by atoms with Crippen molar-refractivity contribution < 1.29 is 14.3 Å². The van der Waals surface area contributed by atoms with Crippen molar-refractivity contribution >= 4 is 17.6 Å². The van der Waals surface area contributed by atoms with Gasteiger partial charge in [-0.15, -0.1) is 0 Å². The van der Waals surface area contributed by atoms with E-state index in [1.165, 1.54) is 11.6 Å². The number of aryl methyl sites for hydroxylation is 1. The number of carboxylic acid groups (broad SMARTS) is 1. The Hall–Kier alpha value is -2.42. The Morgan fingerprint density at radius 2 is 1.70 bits per heavy atom. The van der Waals surface area contributed by atoms with Crippen molar-refractivity contribution in [1.29, 1.82) is 0 Å². The minimum Gasteiger partial charge on any atom is -0.478 e. The van der Waals surface area contributed by atoms with Crippen molar-refractivity contribution in [3.05, 3.63) is 70.5 Å². The number of hydrogen-bond donors (Lipinski definition) is 1. The van der Waals surface area contributed by atoms with Crippen LogP contribution in [-0.4, -0.2) is 11.1 Å². The molecule has 0 fully saturated rings. The van der Waals surface area contributed by atoms with Crippen LogP contribution in [-0.2, 0) is 10.2 Å². The second-order valence-corrected chi connectivity index (χ2v) is 6.70. The van der Waals surface area contributed by atoms with Gasteiger partial charge in [0.25, 0.3) is 0 Å². The lowest BCUT2D eigenvalue weighted by Gasteiger charge is -2.18. The van der Waals surface area contributed by atoms with Crippen LogP contribution < -0.4 is 0 Å². The summed E-state index contributed by atoms with van der Waals surface area (Å²) in [7, 11) is 0. The number of aliphatic carboxylic acids is 1. The molecule has 0 saturated carbocycles. The third-order valence-corrected chi connectivity index (χ3v) is 3.80. The number of carbonyl (C=O) groups is 1. The molecule has 0 aliphatic rings. The van der Waals surface area contributed by atoms with Gasteiger partial charge in [-0.1, -0.05) is 57.2 Å². The van der Waals surface area contributed by atoms with Crippen LogP contribution in [0.5, 0.6) is 0 Å². The fourth-order valence-corrected chi connectivity index (χ4v) is 2.27. The zero-order chi connectivity index (χ0) is 17.2. The molecule has 0 saturated heterocycles. The maximum atomic E-state index is 13.7. The van der Waals surface area contributed by atoms with Crippen LogP contribution in [0.1, 0.15) is 43.0 Å². The lowest BCUT2D eigenvalue weighted by molar-refractivity contribution is -0.130. The molecule has 0 radical (unpaired) electrons. The maximum Gasteiger partial charge on any atom is 0.336 e. The summed E-state index contributed by atoms with van der Waals surface area (Å²) in [4.78, 5) is 11.5. The fraction of sp³-hybridized carbons (Fsp3) is 0.250. The molecule has 1 N–H and O–H groups in total. The van der Waals surface area contributed by atoms with E-state index in [1.54, 1.807) is 25.1 Å². The van der Waals surface area contributed by atoms with Crippen molar-refractivity contribution in [2.45, 2.75) is 33.1 Å². The monoisotopic (exact) mass is 312 g/mol. The molecule has 0 aliphatic carbocycles. The summed E-state index contributed by atoms with van der Waals surface area (Å²) < 4.78 is 13.7. The Morgan fingerprint density at radius 3 is 2.17 bits per heavy atom. The number of rotatable bonds is 3. The first-order valence-corrected chi connectivity index (χ1v) is 7.50. The van der Waals surface area contributed by atoms with E-state index in [-0.39, 0.29) is 11.0 Å². The first-order valence-electron chi connectivity index (χ1n) is 7.50. The van der Waals surface area contributed by atoms with Crippen LogP contribution in [0.2, 0.25) is 0 Å². The van der Waals surface area contributed by atoms with Crippen LogP contribution in [0.4, 0.5) is 4.39 Å². The van der Waals surface area contributed by atoms with Gasteiger partial charge < -0.3 is 5.11 Å². The van der Waals surface area contributed by atoms with Crippen molar-refractivity contribution in [2.24, 2.45) is 0 Å². The number of hydrogen-bond acceptors (Lipinski definition) is 1. The molecule has 2 nitrogen and oxygen atoms in total. The normalized spacial score (nSPS) is 12.3. The predicted octanol–water partition coefficient (Wildman–Crippen LogP) is 5.06. The molecule has 0 amide bonds. The molecular weight excluding hydrogens is 291 g/mol. The molecule has 23 heavy (non-hydrogen) atoms. The van der Waals surface area contributed by atoms with E-state index in [4.69, 9.17) is 0 Å². The molecule has 120 valence electrons. The van der Waals surface area contributed by atoms with E-state index in [2.05, 4.69) is 20.8 Å². The van der Waals surface area contributed by atoms with Crippen LogP contribution in [0.3, 0.4) is 0 Å². The van der Waals surface area contributed by atoms with Gasteiger partial charge in [0.1, 0.15) is 5.82 Å². The van der Waals surface area contributed by atoms with E-state index in [0.29, 0.717) is 11.1 Å². The smallest absolute Gasteiger partial charge is 0.336 e. The van der Waals surface area contributed by atoms with Gasteiger partial charge in [0.15, 0.2) is 0 Å². The minimum absolute atomic E-state index is 0.0396. The lowest BCUT2D eigenvalue weighted by Crippen LogP contribution is -2.10. The molecule has 0 bridgehead atoms. The Labute approximate surface area is 136 Å². The van der Waals surface area contributed by atoms with E-state index in [0.717, 1.165) is 5.56 Å². The van der Waals surface area contributed by atoms with Gasteiger partial charge >= 0.3 is 5.97 Å². The molecule has 0 spiro atoms. The van der Waals surface area contributed by atoms with E-state index in [9.17, 15) is 14.3 Å². The first-order chi connectivity index (χ1) is 10.7. The summed E-state index contributed by atoms with van der Waals surface area (Å²) in [5.41, 5.74) is 2.92. The second-order valence-electron chi connectivity index (χ2n) is 6.70. The largest absolute Gasteiger partial charge is 0.478 e. The van der Waals surface area contributed by atoms with E-state index < -0.39 is 11.8 Å². The van der Waals surface area contributed by atoms with Crippen molar-refractivity contribution in [3.63, 3.8) is 0 Å². The molecule has 0 unspecified atom stereocenters. The molecule has 2 aromatic rings. The topological polar surface area (TPSA) is 37.3 Å². The molecule has 0 aromatic heterocycles. The summed E-state index contributed by atoms with van der Waals surface area (Å²) in [6.07, 6.45) is 1.57. The highest BCUT2D eigenvalue weighted by Gasteiger charge is 2.14. The van der Waals surface area contributed by atoms with Gasteiger partial charge in [-0.25, -0.2) is 9.18 Å². The summed E-state index contributed by atoms with van der Waals surface area (Å²) in [5, 5.41) is 9.44. The van der Waals surface area contributed by atoms with Gasteiger partial charge in [0.2, 0.25) is 0 Å². The highest BCUT2D eigenvalue weighted by atomic mass is 19.1. The summed E-state index contributed by atoms with van der Waals surface area (Å²) >= 11 is 0. The fourth-order valence-electron chi connectivity index (χ4n) is 2.27. The quantitative estimate of drug-likeness (QED) is 0.635. The second kappa shape index (κ2) is 6.37. The molecule has 3 heteroatoms. The molecule has 0 aliphatic heterocycles. The number of halogens is 1. The van der Waals surface area contributed by atoms with Gasteiger partial charge in [-0.2, -0.15) is 0 Å². The molecule has 2 rings (SSSR count). The number of benzene rings is 2. The summed E-state index contributed by atoms with van der Waals surface area (Å²) in [5.74, 6) is -1.48. The lowest BCUT2D eigenvalue weighted by atomic mass is 9.86. The van der Waals surface area contributed by atoms with Crippen LogP contribution in [0.15, 0.2) is 42.5 Å². The SMILES string of the molecule is Cc1ccc(/C(=C/c2ccc(C(C)(C)C)cc2)C(=O)O)cc1F. The number of carboxylic acids is 1. The van der Waals surface area contributed by atoms with Crippen molar-refractivity contribution in [2.75, 3.05) is 0 Å². The van der Waals surface area contributed by atoms with Crippen molar-refractivity contribution in [1.82, 2.24) is 0 Å². The van der Waals surface area contributed by atoms with E-state index in [1.807, 2.05) is 24.3 Å². The third kappa shape index (κ3) is 4.07. The van der Waals surface area contributed by atoms with Crippen LogP contribution >= 0.6 is 0 Å². The Balaban J connectivity index is 2.43. The average molecular weight is 312 g/mol. The zero-order valence-electron chi connectivity index (χ0n) is 13.9. The van der Waals surface area contributed by atoms with Crippen LogP contribution in [0.25, 0.3) is 11.6 Å². The van der Waals surface area contributed by atoms with Gasteiger partial charge in [0.05, 0.1) is 5.57 Å². The standard InChI is InChI=1S/C20H21FO2/c1-13-5-8-15(12-18(13)21)17(19(22)23)11-14-6-9-16(10-7-14)20(2,3)4/h5-12H,1-4H3,(H,22,23)/b17-11-. The molecule has 2 aromatic carbocycles. The molecule has 0 heterocycles. The molecule has 0 atom stereocenters. The zero-order valence-corrected chi connectivity index (χ0v) is 13.9. The van der Waals surface area contributed by atoms with Gasteiger partial charge in [-0.3, -0.25) is 0 Å². The molecular formula is C20H21FO2. The minimum atomic E-state index is -1.08. The summed E-state index contributed by atoms with van der Waals surface area (Å²) in [6.45, 7) is 8.01. The highest BCUT2D eigenvalue weighted by Crippen LogP contribution is 2.25.